The Morgan fingerprint density at radius 3 is 1.15 bits per heavy atom. The highest BCUT2D eigenvalue weighted by atomic mass is 14.0. The van der Waals surface area contributed by atoms with Gasteiger partial charge >= 0.3 is 0 Å². The molecule has 0 saturated carbocycles. The van der Waals surface area contributed by atoms with E-state index < -0.39 is 0 Å². The molecule has 0 heteroatoms. The Bertz CT molecular complexity index is 180. The van der Waals surface area contributed by atoms with E-state index in [0.29, 0.717) is 0 Å². The monoisotopic (exact) mass is 280 g/mol. The van der Waals surface area contributed by atoms with Crippen LogP contribution in [0, 0.1) is 0 Å². The quantitative estimate of drug-likeness (QED) is 0.200. The minimum absolute atomic E-state index is 1.30. The third kappa shape index (κ3) is 17.7. The summed E-state index contributed by atoms with van der Waals surface area (Å²) in [4.78, 5) is 0. The lowest BCUT2D eigenvalue weighted by molar-refractivity contribution is 0.550. The molecule has 120 valence electrons. The van der Waals surface area contributed by atoms with Gasteiger partial charge in [0.05, 0.1) is 0 Å². The van der Waals surface area contributed by atoms with Gasteiger partial charge in [0.15, 0.2) is 0 Å². The van der Waals surface area contributed by atoms with Gasteiger partial charge in [0.1, 0.15) is 0 Å². The molecule has 0 aliphatic rings. The summed E-state index contributed by atoms with van der Waals surface area (Å²) in [5, 5.41) is 0. The van der Waals surface area contributed by atoms with E-state index in [1.165, 1.54) is 103 Å². The summed E-state index contributed by atoms with van der Waals surface area (Å²) in [5.41, 5.74) is 0. The lowest BCUT2D eigenvalue weighted by Gasteiger charge is -2.01. The van der Waals surface area contributed by atoms with Gasteiger partial charge in [-0.25, -0.2) is 0 Å². The summed E-state index contributed by atoms with van der Waals surface area (Å²) in [7, 11) is 0. The second-order valence-corrected chi connectivity index (χ2v) is 6.29. The molecule has 0 amide bonds. The Morgan fingerprint density at radius 1 is 0.400 bits per heavy atom. The van der Waals surface area contributed by atoms with Gasteiger partial charge in [0.25, 0.3) is 0 Å². The van der Waals surface area contributed by atoms with Crippen molar-refractivity contribution >= 4 is 0 Å². The fraction of sp³-hybridized carbons (Fsp3) is 0.900. The van der Waals surface area contributed by atoms with Crippen LogP contribution in [0.3, 0.4) is 0 Å². The third-order valence-corrected chi connectivity index (χ3v) is 4.12. The zero-order valence-electron chi connectivity index (χ0n) is 14.5. The molecule has 0 spiro atoms. The highest BCUT2D eigenvalue weighted by Crippen LogP contribution is 2.12. The van der Waals surface area contributed by atoms with Crippen LogP contribution in [0.5, 0.6) is 0 Å². The molecular formula is C20H40. The van der Waals surface area contributed by atoms with E-state index in [1.54, 1.807) is 0 Å². The fourth-order valence-electron chi connectivity index (χ4n) is 2.67. The lowest BCUT2D eigenvalue weighted by Crippen LogP contribution is -1.82. The SMILES string of the molecule is CCCCC/C=C\CCCCCCCCCCCCC. The molecule has 0 aromatic heterocycles. The first-order valence-electron chi connectivity index (χ1n) is 9.56. The predicted octanol–water partition coefficient (Wildman–Crippen LogP) is 7.82. The zero-order chi connectivity index (χ0) is 14.7. The Morgan fingerprint density at radius 2 is 0.700 bits per heavy atom. The second kappa shape index (κ2) is 18.7. The highest BCUT2D eigenvalue weighted by molar-refractivity contribution is 4.81. The summed E-state index contributed by atoms with van der Waals surface area (Å²) in [6.07, 6.45) is 27.4. The molecule has 0 radical (unpaired) electrons. The smallest absolute Gasteiger partial charge is 0.0351 e. The van der Waals surface area contributed by atoms with Crippen LogP contribution < -0.4 is 0 Å². The molecule has 0 aliphatic heterocycles. The van der Waals surface area contributed by atoms with Crippen molar-refractivity contribution in [1.29, 1.82) is 0 Å². The topological polar surface area (TPSA) is 0 Å². The van der Waals surface area contributed by atoms with Gasteiger partial charge in [-0.15, -0.1) is 0 Å². The zero-order valence-corrected chi connectivity index (χ0v) is 14.5. The van der Waals surface area contributed by atoms with Crippen LogP contribution in [0.1, 0.15) is 117 Å². The predicted molar refractivity (Wildman–Crippen MR) is 94.4 cm³/mol. The highest BCUT2D eigenvalue weighted by Gasteiger charge is 1.92. The fourth-order valence-corrected chi connectivity index (χ4v) is 2.67. The van der Waals surface area contributed by atoms with Crippen molar-refractivity contribution in [2.75, 3.05) is 0 Å². The normalized spacial score (nSPS) is 11.5. The van der Waals surface area contributed by atoms with Crippen molar-refractivity contribution in [3.05, 3.63) is 12.2 Å². The maximum atomic E-state index is 2.41. The molecule has 0 bridgehead atoms. The van der Waals surface area contributed by atoms with E-state index in [9.17, 15) is 0 Å². The van der Waals surface area contributed by atoms with Crippen LogP contribution in [0.25, 0.3) is 0 Å². The third-order valence-electron chi connectivity index (χ3n) is 4.12. The Balaban J connectivity index is 2.99. The standard InChI is InChI=1S/C20H40/c1-3-5-7-9-11-13-15-17-19-20-18-16-14-12-10-8-6-4-2/h11,13H,3-10,12,14-20H2,1-2H3/b13-11-. The molecule has 20 heavy (non-hydrogen) atoms. The molecule has 0 rings (SSSR count). The molecular weight excluding hydrogens is 240 g/mol. The molecule has 0 fully saturated rings. The van der Waals surface area contributed by atoms with E-state index in [2.05, 4.69) is 26.0 Å². The van der Waals surface area contributed by atoms with E-state index in [0.717, 1.165) is 0 Å². The van der Waals surface area contributed by atoms with Gasteiger partial charge in [-0.2, -0.15) is 0 Å². The van der Waals surface area contributed by atoms with Crippen molar-refractivity contribution in [3.63, 3.8) is 0 Å². The average Bonchev–Trinajstić information content (AvgIpc) is 2.47. The van der Waals surface area contributed by atoms with E-state index in [4.69, 9.17) is 0 Å². The summed E-state index contributed by atoms with van der Waals surface area (Å²) in [6.45, 7) is 4.56. The Labute approximate surface area is 129 Å². The molecule has 0 nitrogen and oxygen atoms in total. The molecule has 0 N–H and O–H groups in total. The van der Waals surface area contributed by atoms with Gasteiger partial charge in [0, 0.05) is 0 Å². The molecule has 0 aromatic rings. The first-order chi connectivity index (χ1) is 9.91. The summed E-state index contributed by atoms with van der Waals surface area (Å²) >= 11 is 0. The largest absolute Gasteiger partial charge is 0.0885 e. The first kappa shape index (κ1) is 19.7. The molecule has 0 aliphatic carbocycles. The first-order valence-corrected chi connectivity index (χ1v) is 9.56. The average molecular weight is 281 g/mol. The maximum Gasteiger partial charge on any atom is -0.0351 e. The van der Waals surface area contributed by atoms with Crippen LogP contribution in [-0.4, -0.2) is 0 Å². The van der Waals surface area contributed by atoms with Crippen molar-refractivity contribution < 1.29 is 0 Å². The van der Waals surface area contributed by atoms with Crippen molar-refractivity contribution in [3.8, 4) is 0 Å². The van der Waals surface area contributed by atoms with Crippen LogP contribution in [0.15, 0.2) is 12.2 Å². The van der Waals surface area contributed by atoms with Crippen LogP contribution in [0.4, 0.5) is 0 Å². The van der Waals surface area contributed by atoms with Gasteiger partial charge in [-0.1, -0.05) is 103 Å². The lowest BCUT2D eigenvalue weighted by atomic mass is 10.1. The minimum Gasteiger partial charge on any atom is -0.0885 e. The van der Waals surface area contributed by atoms with Crippen LogP contribution >= 0.6 is 0 Å². The van der Waals surface area contributed by atoms with Crippen molar-refractivity contribution in [2.24, 2.45) is 0 Å². The van der Waals surface area contributed by atoms with Gasteiger partial charge in [-0.05, 0) is 25.7 Å². The molecule has 0 atom stereocenters. The van der Waals surface area contributed by atoms with Gasteiger partial charge in [0.2, 0.25) is 0 Å². The van der Waals surface area contributed by atoms with Crippen molar-refractivity contribution in [2.45, 2.75) is 117 Å². The minimum atomic E-state index is 1.30. The number of hydrogen-bond donors (Lipinski definition) is 0. The van der Waals surface area contributed by atoms with Gasteiger partial charge < -0.3 is 0 Å². The van der Waals surface area contributed by atoms with E-state index >= 15 is 0 Å². The number of allylic oxidation sites excluding steroid dienone is 2. The maximum absolute atomic E-state index is 2.41. The van der Waals surface area contributed by atoms with E-state index in [-0.39, 0.29) is 0 Å². The van der Waals surface area contributed by atoms with Crippen LogP contribution in [-0.2, 0) is 0 Å². The number of hydrogen-bond acceptors (Lipinski definition) is 0. The second-order valence-electron chi connectivity index (χ2n) is 6.29. The number of rotatable bonds is 16. The Kier molecular flexibility index (Phi) is 18.5. The molecule has 0 saturated heterocycles. The van der Waals surface area contributed by atoms with Crippen LogP contribution in [0.2, 0.25) is 0 Å². The molecule has 0 aromatic carbocycles. The summed E-state index contributed by atoms with van der Waals surface area (Å²) in [5.74, 6) is 0. The van der Waals surface area contributed by atoms with Gasteiger partial charge in [-0.3, -0.25) is 0 Å². The number of unbranched alkanes of at least 4 members (excludes halogenated alkanes) is 14. The Hall–Kier alpha value is -0.260. The summed E-state index contributed by atoms with van der Waals surface area (Å²) in [6, 6.07) is 0. The summed E-state index contributed by atoms with van der Waals surface area (Å²) < 4.78 is 0. The molecule has 0 unspecified atom stereocenters. The van der Waals surface area contributed by atoms with E-state index in [1.807, 2.05) is 0 Å². The van der Waals surface area contributed by atoms with Crippen molar-refractivity contribution in [1.82, 2.24) is 0 Å². The molecule has 0 heterocycles.